The highest BCUT2D eigenvalue weighted by atomic mass is 16.5. The van der Waals surface area contributed by atoms with Crippen LogP contribution in [0.3, 0.4) is 0 Å². The van der Waals surface area contributed by atoms with Crippen molar-refractivity contribution in [3.05, 3.63) is 69.3 Å². The number of ether oxygens (including phenoxy) is 1. The largest absolute Gasteiger partial charge is 0.456 e. The molecule has 0 N–H and O–H groups in total. The number of aryl methyl sites for hydroxylation is 1. The fourth-order valence-electron chi connectivity index (χ4n) is 2.48. The molecule has 0 saturated heterocycles. The van der Waals surface area contributed by atoms with Gasteiger partial charge in [0.2, 0.25) is 0 Å². The maximum absolute atomic E-state index is 12.2. The number of hydrogen-bond donors (Lipinski definition) is 0. The van der Waals surface area contributed by atoms with Crippen LogP contribution in [0.1, 0.15) is 48.1 Å². The Morgan fingerprint density at radius 3 is 2.52 bits per heavy atom. The minimum absolute atomic E-state index is 0.0205. The van der Waals surface area contributed by atoms with Crippen LogP contribution in [-0.2, 0) is 16.8 Å². The summed E-state index contributed by atoms with van der Waals surface area (Å²) in [6, 6.07) is 10.3. The second kappa shape index (κ2) is 6.20. The Hall–Kier alpha value is -2.89. The van der Waals surface area contributed by atoms with Crippen LogP contribution < -0.4 is 5.56 Å². The van der Waals surface area contributed by atoms with E-state index in [2.05, 4.69) is 25.8 Å². The first-order chi connectivity index (χ1) is 11.7. The summed E-state index contributed by atoms with van der Waals surface area (Å²) in [4.78, 5) is 28.4. The summed E-state index contributed by atoms with van der Waals surface area (Å²) in [6.07, 6.45) is 0. The lowest BCUT2D eigenvalue weighted by Gasteiger charge is -2.18. The normalized spacial score (nSPS) is 11.7. The highest BCUT2D eigenvalue weighted by molar-refractivity contribution is 5.89. The molecule has 1 aromatic carbocycles. The van der Waals surface area contributed by atoms with Crippen LogP contribution in [0, 0.1) is 6.92 Å². The third kappa shape index (κ3) is 3.63. The van der Waals surface area contributed by atoms with E-state index in [1.807, 2.05) is 12.1 Å². The van der Waals surface area contributed by atoms with Crippen LogP contribution in [-0.4, -0.2) is 15.5 Å². The number of carbonyl (C=O) groups excluding carboxylic acids is 1. The van der Waals surface area contributed by atoms with E-state index in [1.165, 1.54) is 6.07 Å². The second-order valence-electron chi connectivity index (χ2n) is 6.99. The first-order valence-corrected chi connectivity index (χ1v) is 8.01. The minimum atomic E-state index is -0.453. The van der Waals surface area contributed by atoms with Crippen molar-refractivity contribution < 1.29 is 14.1 Å². The zero-order valence-corrected chi connectivity index (χ0v) is 14.7. The SMILES string of the molecule is Cc1cc2nc(COC(=O)c3ccc(C(C)(C)C)cc3)cc(=O)n2o1. The van der Waals surface area contributed by atoms with Gasteiger partial charge in [0.1, 0.15) is 12.4 Å². The fourth-order valence-corrected chi connectivity index (χ4v) is 2.48. The number of benzene rings is 1. The Labute approximate surface area is 145 Å². The van der Waals surface area contributed by atoms with Crippen LogP contribution >= 0.6 is 0 Å². The lowest BCUT2D eigenvalue weighted by Crippen LogP contribution is -2.15. The van der Waals surface area contributed by atoms with Crippen LogP contribution in [0.25, 0.3) is 5.65 Å². The van der Waals surface area contributed by atoms with Gasteiger partial charge in [-0.05, 0) is 30.0 Å². The molecule has 2 aromatic heterocycles. The molecule has 0 amide bonds. The van der Waals surface area contributed by atoms with Crippen molar-refractivity contribution in [2.75, 3.05) is 0 Å². The molecule has 3 rings (SSSR count). The number of esters is 1. The summed E-state index contributed by atoms with van der Waals surface area (Å²) >= 11 is 0. The van der Waals surface area contributed by atoms with Gasteiger partial charge >= 0.3 is 5.97 Å². The summed E-state index contributed by atoms with van der Waals surface area (Å²) < 4.78 is 11.6. The third-order valence-corrected chi connectivity index (χ3v) is 3.86. The highest BCUT2D eigenvalue weighted by Crippen LogP contribution is 2.22. The predicted molar refractivity (Wildman–Crippen MR) is 92.7 cm³/mol. The van der Waals surface area contributed by atoms with Gasteiger partial charge in [0, 0.05) is 12.1 Å². The summed E-state index contributed by atoms with van der Waals surface area (Å²) in [6.45, 7) is 7.99. The van der Waals surface area contributed by atoms with Gasteiger partial charge in [-0.15, -0.1) is 4.57 Å². The molecule has 0 unspecified atom stereocenters. The molecule has 0 aliphatic heterocycles. The molecule has 25 heavy (non-hydrogen) atoms. The molecule has 0 atom stereocenters. The molecule has 3 aromatic rings. The van der Waals surface area contributed by atoms with E-state index in [0.29, 0.717) is 22.7 Å². The van der Waals surface area contributed by atoms with Crippen LogP contribution in [0.5, 0.6) is 0 Å². The molecule has 0 bridgehead atoms. The molecule has 0 fully saturated rings. The van der Waals surface area contributed by atoms with E-state index >= 15 is 0 Å². The molecule has 0 saturated carbocycles. The Bertz CT molecular complexity index is 975. The van der Waals surface area contributed by atoms with Crippen molar-refractivity contribution in [2.24, 2.45) is 0 Å². The van der Waals surface area contributed by atoms with E-state index < -0.39 is 5.97 Å². The van der Waals surface area contributed by atoms with Crippen molar-refractivity contribution in [3.8, 4) is 0 Å². The Kier molecular flexibility index (Phi) is 4.20. The smallest absolute Gasteiger partial charge is 0.338 e. The van der Waals surface area contributed by atoms with Crippen LogP contribution in [0.4, 0.5) is 0 Å². The van der Waals surface area contributed by atoms with E-state index in [0.717, 1.165) is 10.1 Å². The fraction of sp³-hybridized carbons (Fsp3) is 0.316. The van der Waals surface area contributed by atoms with Crippen molar-refractivity contribution >= 4 is 11.6 Å². The van der Waals surface area contributed by atoms with E-state index in [4.69, 9.17) is 9.26 Å². The van der Waals surface area contributed by atoms with Gasteiger partial charge in [-0.25, -0.2) is 9.78 Å². The monoisotopic (exact) mass is 340 g/mol. The van der Waals surface area contributed by atoms with Gasteiger partial charge in [0.05, 0.1) is 11.3 Å². The highest BCUT2D eigenvalue weighted by Gasteiger charge is 2.15. The quantitative estimate of drug-likeness (QED) is 0.684. The maximum Gasteiger partial charge on any atom is 0.338 e. The second-order valence-corrected chi connectivity index (χ2v) is 6.99. The van der Waals surface area contributed by atoms with Crippen molar-refractivity contribution in [2.45, 2.75) is 39.7 Å². The summed E-state index contributed by atoms with van der Waals surface area (Å²) in [5.41, 5.74) is 2.05. The molecule has 6 nitrogen and oxygen atoms in total. The number of carbonyl (C=O) groups is 1. The molecule has 0 spiro atoms. The van der Waals surface area contributed by atoms with Gasteiger partial charge in [-0.1, -0.05) is 32.9 Å². The summed E-state index contributed by atoms with van der Waals surface area (Å²) in [5, 5.41) is 0. The lowest BCUT2D eigenvalue weighted by atomic mass is 9.87. The predicted octanol–water partition coefficient (Wildman–Crippen LogP) is 3.25. The van der Waals surface area contributed by atoms with Crippen molar-refractivity contribution in [1.82, 2.24) is 9.56 Å². The third-order valence-electron chi connectivity index (χ3n) is 3.86. The number of nitrogens with zero attached hydrogens (tertiary/aromatic N) is 2. The molecule has 2 heterocycles. The van der Waals surface area contributed by atoms with E-state index in [9.17, 15) is 9.59 Å². The van der Waals surface area contributed by atoms with Gasteiger partial charge in [-0.2, -0.15) is 0 Å². The first-order valence-electron chi connectivity index (χ1n) is 8.01. The summed E-state index contributed by atoms with van der Waals surface area (Å²) in [5.74, 6) is 0.128. The minimum Gasteiger partial charge on any atom is -0.456 e. The maximum atomic E-state index is 12.2. The average molecular weight is 340 g/mol. The average Bonchev–Trinajstić information content (AvgIpc) is 2.93. The van der Waals surface area contributed by atoms with Gasteiger partial charge in [0.15, 0.2) is 5.65 Å². The number of hydrogen-bond acceptors (Lipinski definition) is 5. The van der Waals surface area contributed by atoms with E-state index in [-0.39, 0.29) is 17.6 Å². The Morgan fingerprint density at radius 1 is 1.20 bits per heavy atom. The Balaban J connectivity index is 1.73. The molecular weight excluding hydrogens is 320 g/mol. The lowest BCUT2D eigenvalue weighted by molar-refractivity contribution is 0.0467. The number of fused-ring (bicyclic) bond motifs is 1. The standard InChI is InChI=1S/C19H20N2O4/c1-12-9-16-20-15(10-17(22)21(16)25-12)11-24-18(23)13-5-7-14(8-6-13)19(2,3)4/h5-10H,11H2,1-4H3. The summed E-state index contributed by atoms with van der Waals surface area (Å²) in [7, 11) is 0. The molecule has 0 aliphatic carbocycles. The molecule has 0 radical (unpaired) electrons. The molecule has 6 heteroatoms. The van der Waals surface area contributed by atoms with Crippen molar-refractivity contribution in [1.29, 1.82) is 0 Å². The number of aromatic nitrogens is 2. The van der Waals surface area contributed by atoms with Gasteiger partial charge in [-0.3, -0.25) is 4.79 Å². The van der Waals surface area contributed by atoms with E-state index in [1.54, 1.807) is 25.1 Å². The van der Waals surface area contributed by atoms with Crippen LogP contribution in [0.2, 0.25) is 0 Å². The zero-order chi connectivity index (χ0) is 18.2. The first kappa shape index (κ1) is 17.0. The number of rotatable bonds is 3. The topological polar surface area (TPSA) is 73.8 Å². The van der Waals surface area contributed by atoms with Crippen LogP contribution in [0.15, 0.2) is 45.7 Å². The molecule has 130 valence electrons. The van der Waals surface area contributed by atoms with Gasteiger partial charge in [0.25, 0.3) is 5.56 Å². The molecule has 0 aliphatic rings. The van der Waals surface area contributed by atoms with Crippen molar-refractivity contribution in [3.63, 3.8) is 0 Å². The van der Waals surface area contributed by atoms with Gasteiger partial charge < -0.3 is 9.26 Å². The Morgan fingerprint density at radius 2 is 1.88 bits per heavy atom. The zero-order valence-electron chi connectivity index (χ0n) is 14.7. The molecular formula is C19H20N2O4.